The summed E-state index contributed by atoms with van der Waals surface area (Å²) in [6.45, 7) is 2.91. The lowest BCUT2D eigenvalue weighted by molar-refractivity contribution is -0.123. The minimum absolute atomic E-state index is 0.140. The summed E-state index contributed by atoms with van der Waals surface area (Å²) in [5.41, 5.74) is 0. The summed E-state index contributed by atoms with van der Waals surface area (Å²) in [7, 11) is 0. The minimum atomic E-state index is -2.28. The Labute approximate surface area is 140 Å². The molecule has 2 aromatic carbocycles. The van der Waals surface area contributed by atoms with Crippen LogP contribution in [-0.4, -0.2) is 16.8 Å². The number of Topliss-reactive ketones (excluding diaryl/α,β-unsaturated/α-hetero) is 2. The molecule has 2 nitrogen and oxygen atoms in total. The fraction of sp³-hybridized carbons (Fsp3) is 0.176. The summed E-state index contributed by atoms with van der Waals surface area (Å²) in [6.07, 6.45) is 0. The van der Waals surface area contributed by atoms with Gasteiger partial charge in [-0.25, -0.2) is 0 Å². The molecule has 0 unspecified atom stereocenters. The molecule has 0 aliphatic heterocycles. The molecule has 5 heteroatoms. The molecule has 0 spiro atoms. The van der Waals surface area contributed by atoms with Crippen molar-refractivity contribution in [1.82, 2.24) is 0 Å². The van der Waals surface area contributed by atoms with Crippen LogP contribution in [0.25, 0.3) is 0 Å². The molecule has 22 heavy (non-hydrogen) atoms. The number of ketones is 2. The Hall–Kier alpha value is -1.22. The van der Waals surface area contributed by atoms with Crippen LogP contribution in [0.2, 0.25) is 0 Å². The Morgan fingerprint density at radius 3 is 1.55 bits per heavy atom. The molecule has 0 radical (unpaired) electrons. The van der Waals surface area contributed by atoms with Crippen LogP contribution < -0.4 is 10.6 Å². The van der Waals surface area contributed by atoms with Crippen molar-refractivity contribution in [3.8, 4) is 0 Å². The average molecular weight is 348 g/mol. The predicted molar refractivity (Wildman–Crippen MR) is 99.2 cm³/mol. The second-order valence-corrected chi connectivity index (χ2v) is 12.4. The van der Waals surface area contributed by atoms with Crippen molar-refractivity contribution in [2.75, 3.05) is 0 Å². The van der Waals surface area contributed by atoms with Crippen molar-refractivity contribution >= 4 is 50.6 Å². The van der Waals surface area contributed by atoms with Gasteiger partial charge < -0.3 is 0 Å². The van der Waals surface area contributed by atoms with Crippen LogP contribution >= 0.6 is 16.6 Å². The van der Waals surface area contributed by atoms with Crippen molar-refractivity contribution in [2.45, 2.75) is 19.1 Å². The highest BCUT2D eigenvalue weighted by molar-refractivity contribution is 8.75. The zero-order valence-corrected chi connectivity index (χ0v) is 15.0. The maximum absolute atomic E-state index is 11.9. The van der Waals surface area contributed by atoms with E-state index in [2.05, 4.69) is 0 Å². The number of benzene rings is 2. The molecule has 0 N–H and O–H groups in total. The molecule has 0 amide bonds. The largest absolute Gasteiger partial charge is 0.298 e. The van der Waals surface area contributed by atoms with E-state index in [0.29, 0.717) is 0 Å². The monoisotopic (exact) mass is 348 g/mol. The lowest BCUT2D eigenvalue weighted by Crippen LogP contribution is -2.25. The Bertz CT molecular complexity index is 656. The van der Waals surface area contributed by atoms with Crippen molar-refractivity contribution in [3.05, 3.63) is 60.7 Å². The fourth-order valence-electron chi connectivity index (χ4n) is 2.10. The molecule has 114 valence electrons. The standard InChI is InChI=1S/C17H17O2PS2/c1-13(18)17(14(2)19)22-20(21,15-9-5-3-6-10-15)16-11-7-4-8-12-16/h3-12,17H,1-2H3. The lowest BCUT2D eigenvalue weighted by Gasteiger charge is -2.25. The molecule has 0 bridgehead atoms. The van der Waals surface area contributed by atoms with Crippen LogP contribution in [0.3, 0.4) is 0 Å². The second-order valence-electron chi connectivity index (χ2n) is 4.93. The zero-order chi connectivity index (χ0) is 16.2. The van der Waals surface area contributed by atoms with E-state index >= 15 is 0 Å². The van der Waals surface area contributed by atoms with Crippen LogP contribution in [0.4, 0.5) is 0 Å². The third-order valence-electron chi connectivity index (χ3n) is 3.18. The molecule has 0 atom stereocenters. The van der Waals surface area contributed by atoms with Gasteiger partial charge in [0.2, 0.25) is 0 Å². The van der Waals surface area contributed by atoms with E-state index in [1.165, 1.54) is 25.2 Å². The van der Waals surface area contributed by atoms with Crippen LogP contribution in [-0.2, 0) is 21.4 Å². The fourth-order valence-corrected chi connectivity index (χ4v) is 9.11. The normalized spacial score (nSPS) is 11.4. The lowest BCUT2D eigenvalue weighted by atomic mass is 10.2. The third kappa shape index (κ3) is 3.75. The van der Waals surface area contributed by atoms with E-state index in [9.17, 15) is 9.59 Å². The quantitative estimate of drug-likeness (QED) is 0.592. The van der Waals surface area contributed by atoms with E-state index in [4.69, 9.17) is 11.8 Å². The van der Waals surface area contributed by atoms with Crippen LogP contribution in [0.15, 0.2) is 60.7 Å². The molecule has 2 rings (SSSR count). The number of carbonyl (C=O) groups is 2. The molecule has 0 aliphatic rings. The summed E-state index contributed by atoms with van der Waals surface area (Å²) in [5, 5.41) is -0.966. The topological polar surface area (TPSA) is 34.1 Å². The first-order valence-electron chi connectivity index (χ1n) is 6.86. The molecular weight excluding hydrogens is 331 g/mol. The summed E-state index contributed by atoms with van der Waals surface area (Å²) in [4.78, 5) is 23.7. The Morgan fingerprint density at radius 1 is 0.864 bits per heavy atom. The Kier molecular flexibility index (Phi) is 5.74. The van der Waals surface area contributed by atoms with Crippen LogP contribution in [0.1, 0.15) is 13.8 Å². The number of hydrogen-bond acceptors (Lipinski definition) is 4. The zero-order valence-electron chi connectivity index (χ0n) is 12.4. The smallest absolute Gasteiger partial charge is 0.150 e. The van der Waals surface area contributed by atoms with Crippen molar-refractivity contribution in [2.24, 2.45) is 0 Å². The molecule has 0 aromatic heterocycles. The van der Waals surface area contributed by atoms with Gasteiger partial charge >= 0.3 is 0 Å². The predicted octanol–water partition coefficient (Wildman–Crippen LogP) is 3.31. The van der Waals surface area contributed by atoms with Crippen molar-refractivity contribution in [1.29, 1.82) is 0 Å². The van der Waals surface area contributed by atoms with Gasteiger partial charge in [-0.2, -0.15) is 0 Å². The van der Waals surface area contributed by atoms with Gasteiger partial charge in [0.1, 0.15) is 5.25 Å². The number of hydrogen-bond donors (Lipinski definition) is 0. The highest BCUT2D eigenvalue weighted by atomic mass is 32.9. The van der Waals surface area contributed by atoms with Gasteiger partial charge in [-0.05, 0) is 24.5 Å². The first-order valence-corrected chi connectivity index (χ1v) is 11.1. The van der Waals surface area contributed by atoms with Crippen LogP contribution in [0.5, 0.6) is 0 Å². The maximum Gasteiger partial charge on any atom is 0.150 e. The SMILES string of the molecule is CC(=O)C(SP(=S)(c1ccccc1)c1ccccc1)C(C)=O. The van der Waals surface area contributed by atoms with E-state index in [-0.39, 0.29) is 11.6 Å². The van der Waals surface area contributed by atoms with E-state index < -0.39 is 10.5 Å². The summed E-state index contributed by atoms with van der Waals surface area (Å²) >= 11 is 7.36. The first kappa shape index (κ1) is 17.1. The Balaban J connectivity index is 2.55. The molecular formula is C17H17O2PS2. The van der Waals surface area contributed by atoms with Crippen molar-refractivity contribution in [3.63, 3.8) is 0 Å². The minimum Gasteiger partial charge on any atom is -0.298 e. The third-order valence-corrected chi connectivity index (χ3v) is 11.1. The average Bonchev–Trinajstić information content (AvgIpc) is 2.53. The summed E-state index contributed by atoms with van der Waals surface area (Å²) in [5.74, 6) is -0.280. The van der Waals surface area contributed by atoms with Gasteiger partial charge in [0.25, 0.3) is 0 Å². The molecule has 0 fully saturated rings. The van der Waals surface area contributed by atoms with Gasteiger partial charge in [-0.15, -0.1) is 0 Å². The second kappa shape index (κ2) is 7.36. The van der Waals surface area contributed by atoms with Gasteiger partial charge in [0.05, 0.1) is 5.24 Å². The van der Waals surface area contributed by atoms with E-state index in [1.54, 1.807) is 0 Å². The molecule has 0 saturated heterocycles. The molecule has 0 aliphatic carbocycles. The number of rotatable bonds is 6. The van der Waals surface area contributed by atoms with Gasteiger partial charge in [0.15, 0.2) is 11.6 Å². The molecule has 2 aromatic rings. The Morgan fingerprint density at radius 2 is 1.23 bits per heavy atom. The first-order chi connectivity index (χ1) is 10.4. The van der Waals surface area contributed by atoms with Gasteiger partial charge in [-0.3, -0.25) is 9.59 Å². The summed E-state index contributed by atoms with van der Waals surface area (Å²) in [6, 6.07) is 19.6. The van der Waals surface area contributed by atoms with Crippen LogP contribution in [0, 0.1) is 0 Å². The molecule has 0 saturated carbocycles. The highest BCUT2D eigenvalue weighted by Crippen LogP contribution is 2.58. The van der Waals surface area contributed by atoms with E-state index in [1.807, 2.05) is 60.7 Å². The molecule has 0 heterocycles. The van der Waals surface area contributed by atoms with E-state index in [0.717, 1.165) is 10.6 Å². The number of carbonyl (C=O) groups excluding carboxylic acids is 2. The maximum atomic E-state index is 11.9. The summed E-state index contributed by atoms with van der Waals surface area (Å²) < 4.78 is 0. The highest BCUT2D eigenvalue weighted by Gasteiger charge is 2.31. The van der Waals surface area contributed by atoms with Crippen molar-refractivity contribution < 1.29 is 9.59 Å². The van der Waals surface area contributed by atoms with Gasteiger partial charge in [-0.1, -0.05) is 83.9 Å². The van der Waals surface area contributed by atoms with Gasteiger partial charge in [0, 0.05) is 0 Å².